The molecule has 1 aliphatic rings. The Morgan fingerprint density at radius 1 is 1.18 bits per heavy atom. The summed E-state index contributed by atoms with van der Waals surface area (Å²) in [5, 5.41) is 11.9. The zero-order valence-corrected chi connectivity index (χ0v) is 20.7. The summed E-state index contributed by atoms with van der Waals surface area (Å²) in [7, 11) is 1.48. The van der Waals surface area contributed by atoms with E-state index in [0.29, 0.717) is 34.4 Å². The van der Waals surface area contributed by atoms with Crippen LogP contribution in [0.4, 0.5) is 5.13 Å². The average molecular weight is 499 g/mol. The van der Waals surface area contributed by atoms with Crippen molar-refractivity contribution in [2.75, 3.05) is 18.6 Å². The number of carbonyl (C=O) groups is 2. The van der Waals surface area contributed by atoms with E-state index < -0.39 is 17.7 Å². The molecule has 0 radical (unpaired) electrons. The molecule has 1 atom stereocenters. The summed E-state index contributed by atoms with van der Waals surface area (Å²) in [5.41, 5.74) is 1.66. The highest BCUT2D eigenvalue weighted by atomic mass is 35.5. The van der Waals surface area contributed by atoms with E-state index in [4.69, 9.17) is 21.1 Å². The number of hydrogen-bond donors (Lipinski definition) is 1. The molecule has 9 heteroatoms. The third-order valence-electron chi connectivity index (χ3n) is 5.60. The maximum absolute atomic E-state index is 13.2. The Morgan fingerprint density at radius 2 is 1.88 bits per heavy atom. The molecule has 34 heavy (non-hydrogen) atoms. The van der Waals surface area contributed by atoms with Crippen molar-refractivity contribution < 1.29 is 24.2 Å². The maximum Gasteiger partial charge on any atom is 0.301 e. The van der Waals surface area contributed by atoms with Gasteiger partial charge in [-0.25, -0.2) is 4.98 Å². The molecule has 2 heterocycles. The molecule has 2 aromatic carbocycles. The van der Waals surface area contributed by atoms with Crippen LogP contribution in [0.3, 0.4) is 0 Å². The lowest BCUT2D eigenvalue weighted by Gasteiger charge is -2.23. The first-order chi connectivity index (χ1) is 16.3. The second-order valence-corrected chi connectivity index (χ2v) is 9.25. The third kappa shape index (κ3) is 4.15. The summed E-state index contributed by atoms with van der Waals surface area (Å²) in [4.78, 5) is 33.3. The van der Waals surface area contributed by atoms with Gasteiger partial charge in [-0.1, -0.05) is 23.7 Å². The van der Waals surface area contributed by atoms with Crippen molar-refractivity contribution in [3.8, 4) is 11.5 Å². The highest BCUT2D eigenvalue weighted by Gasteiger charge is 2.48. The van der Waals surface area contributed by atoms with Gasteiger partial charge in [-0.05, 0) is 56.7 Å². The first-order valence-electron chi connectivity index (χ1n) is 10.6. The molecule has 3 aromatic rings. The van der Waals surface area contributed by atoms with Crippen LogP contribution in [0.5, 0.6) is 11.5 Å². The van der Waals surface area contributed by atoms with Crippen LogP contribution >= 0.6 is 22.9 Å². The predicted octanol–water partition coefficient (Wildman–Crippen LogP) is 5.45. The Balaban J connectivity index is 1.91. The monoisotopic (exact) mass is 498 g/mol. The quantitative estimate of drug-likeness (QED) is 0.276. The number of hydrogen-bond acceptors (Lipinski definition) is 7. The van der Waals surface area contributed by atoms with E-state index in [0.717, 1.165) is 10.6 Å². The van der Waals surface area contributed by atoms with Crippen LogP contribution in [0.25, 0.3) is 5.76 Å². The number of halogens is 1. The lowest BCUT2D eigenvalue weighted by molar-refractivity contribution is -0.132. The summed E-state index contributed by atoms with van der Waals surface area (Å²) >= 11 is 7.57. The Bertz CT molecular complexity index is 1280. The lowest BCUT2D eigenvalue weighted by Crippen LogP contribution is -2.29. The number of thiazole rings is 1. The summed E-state index contributed by atoms with van der Waals surface area (Å²) in [5.74, 6) is -0.793. The normalized spacial score (nSPS) is 17.3. The lowest BCUT2D eigenvalue weighted by atomic mass is 9.95. The van der Waals surface area contributed by atoms with Gasteiger partial charge in [0.2, 0.25) is 0 Å². The number of ketones is 1. The number of aliphatic hydroxyl groups excluding tert-OH is 1. The summed E-state index contributed by atoms with van der Waals surface area (Å²) in [6.07, 6.45) is 0. The topological polar surface area (TPSA) is 89.0 Å². The van der Waals surface area contributed by atoms with Crippen LogP contribution in [0.15, 0.2) is 48.0 Å². The van der Waals surface area contributed by atoms with Crippen molar-refractivity contribution in [2.45, 2.75) is 26.8 Å². The first kappa shape index (κ1) is 23.8. The summed E-state index contributed by atoms with van der Waals surface area (Å²) in [6, 6.07) is 10.9. The van der Waals surface area contributed by atoms with Gasteiger partial charge in [0.15, 0.2) is 5.13 Å². The fourth-order valence-corrected chi connectivity index (χ4v) is 4.98. The van der Waals surface area contributed by atoms with Crippen LogP contribution in [0, 0.1) is 13.8 Å². The van der Waals surface area contributed by atoms with E-state index >= 15 is 0 Å². The highest BCUT2D eigenvalue weighted by Crippen LogP contribution is 2.44. The first-order valence-corrected chi connectivity index (χ1v) is 11.8. The van der Waals surface area contributed by atoms with Crippen LogP contribution in [-0.4, -0.2) is 35.5 Å². The van der Waals surface area contributed by atoms with Gasteiger partial charge in [0.05, 0.1) is 36.0 Å². The molecule has 1 aromatic heterocycles. The predicted molar refractivity (Wildman–Crippen MR) is 132 cm³/mol. The van der Waals surface area contributed by atoms with E-state index in [1.165, 1.54) is 29.4 Å². The van der Waals surface area contributed by atoms with Gasteiger partial charge in [-0.3, -0.25) is 14.5 Å². The fraction of sp³-hybridized carbons (Fsp3) is 0.240. The number of carbonyl (C=O) groups excluding carboxylic acids is 2. The van der Waals surface area contributed by atoms with Gasteiger partial charge in [0.1, 0.15) is 17.3 Å². The minimum Gasteiger partial charge on any atom is -0.507 e. The molecule has 1 fully saturated rings. The summed E-state index contributed by atoms with van der Waals surface area (Å²) < 4.78 is 10.7. The fourth-order valence-electron chi connectivity index (χ4n) is 3.79. The Morgan fingerprint density at radius 3 is 2.44 bits per heavy atom. The smallest absolute Gasteiger partial charge is 0.301 e. The number of amides is 1. The third-order valence-corrected chi connectivity index (χ3v) is 6.97. The average Bonchev–Trinajstić information content (AvgIpc) is 3.29. The number of methoxy groups -OCH3 is 1. The van der Waals surface area contributed by atoms with Crippen LogP contribution in [-0.2, 0) is 9.59 Å². The van der Waals surface area contributed by atoms with Gasteiger partial charge in [0, 0.05) is 10.4 Å². The minimum atomic E-state index is -0.874. The summed E-state index contributed by atoms with van der Waals surface area (Å²) in [6.45, 7) is 6.14. The number of Topliss-reactive ketones (excluding diaryl/α,β-unsaturated/α-hetero) is 1. The molecule has 4 rings (SSSR count). The Kier molecular flexibility index (Phi) is 6.63. The van der Waals surface area contributed by atoms with E-state index in [-0.39, 0.29) is 16.4 Å². The number of aliphatic hydroxyl groups is 1. The van der Waals surface area contributed by atoms with Gasteiger partial charge in [0.25, 0.3) is 5.78 Å². The minimum absolute atomic E-state index is 0.0408. The number of anilines is 1. The molecule has 1 saturated heterocycles. The molecule has 0 bridgehead atoms. The van der Waals surface area contributed by atoms with E-state index in [1.807, 2.05) is 20.8 Å². The van der Waals surface area contributed by atoms with E-state index in [9.17, 15) is 14.7 Å². The van der Waals surface area contributed by atoms with Gasteiger partial charge in [-0.15, -0.1) is 11.3 Å². The zero-order chi connectivity index (χ0) is 24.6. The number of benzene rings is 2. The van der Waals surface area contributed by atoms with Crippen molar-refractivity contribution in [3.05, 3.63) is 74.8 Å². The molecule has 1 amide bonds. The van der Waals surface area contributed by atoms with E-state index in [1.54, 1.807) is 36.4 Å². The second kappa shape index (κ2) is 9.48. The molecular weight excluding hydrogens is 476 g/mol. The molecule has 0 spiro atoms. The van der Waals surface area contributed by atoms with E-state index in [2.05, 4.69) is 4.98 Å². The number of aryl methyl sites for hydroxylation is 2. The van der Waals surface area contributed by atoms with Crippen molar-refractivity contribution >= 4 is 45.5 Å². The van der Waals surface area contributed by atoms with Gasteiger partial charge < -0.3 is 14.6 Å². The van der Waals surface area contributed by atoms with Crippen molar-refractivity contribution in [3.63, 3.8) is 0 Å². The number of ether oxygens (including phenoxy) is 2. The van der Waals surface area contributed by atoms with Crippen LogP contribution in [0.1, 0.15) is 34.7 Å². The molecule has 7 nitrogen and oxygen atoms in total. The Hall–Kier alpha value is -3.36. The molecule has 1 N–H and O–H groups in total. The standard InChI is InChI=1S/C25H23ClN2O5S/c1-5-33-17-9-6-15(7-10-17)21-20(22(29)16-8-11-19(32-4)18(26)12-16)23(30)24(31)28(21)25-27-13(2)14(3)34-25/h6-12,21,29H,5H2,1-4H3. The number of aromatic nitrogens is 1. The van der Waals surface area contributed by atoms with Crippen molar-refractivity contribution in [1.82, 2.24) is 4.98 Å². The van der Waals surface area contributed by atoms with Crippen molar-refractivity contribution in [1.29, 1.82) is 0 Å². The Labute approximate surface area is 206 Å². The molecule has 1 aliphatic heterocycles. The molecule has 0 aliphatic carbocycles. The zero-order valence-electron chi connectivity index (χ0n) is 19.1. The largest absolute Gasteiger partial charge is 0.507 e. The molecular formula is C25H23ClN2O5S. The highest BCUT2D eigenvalue weighted by molar-refractivity contribution is 7.16. The SMILES string of the molecule is CCOc1ccc(C2C(=C(O)c3ccc(OC)c(Cl)c3)C(=O)C(=O)N2c2nc(C)c(C)s2)cc1. The van der Waals surface area contributed by atoms with Gasteiger partial charge in [-0.2, -0.15) is 0 Å². The molecule has 176 valence electrons. The second-order valence-electron chi connectivity index (χ2n) is 7.66. The van der Waals surface area contributed by atoms with Gasteiger partial charge >= 0.3 is 5.91 Å². The molecule has 1 unspecified atom stereocenters. The number of rotatable bonds is 6. The maximum atomic E-state index is 13.2. The molecule has 0 saturated carbocycles. The van der Waals surface area contributed by atoms with Crippen LogP contribution < -0.4 is 14.4 Å². The number of nitrogens with zero attached hydrogens (tertiary/aromatic N) is 2. The van der Waals surface area contributed by atoms with Crippen LogP contribution in [0.2, 0.25) is 5.02 Å². The van der Waals surface area contributed by atoms with Crippen molar-refractivity contribution in [2.24, 2.45) is 0 Å².